The molecule has 1 fully saturated rings. The third kappa shape index (κ3) is 4.66. The van der Waals surface area contributed by atoms with Crippen LogP contribution in [-0.4, -0.2) is 44.9 Å². The van der Waals surface area contributed by atoms with Gasteiger partial charge < -0.3 is 10.2 Å². The number of nitrogens with zero attached hydrogens (tertiary/aromatic N) is 4. The molecule has 0 bridgehead atoms. The Morgan fingerprint density at radius 1 is 1.19 bits per heavy atom. The lowest BCUT2D eigenvalue weighted by Crippen LogP contribution is -2.51. The molecule has 1 saturated heterocycles. The smallest absolute Gasteiger partial charge is 0.255 e. The van der Waals surface area contributed by atoms with E-state index in [4.69, 9.17) is 11.6 Å². The highest BCUT2D eigenvalue weighted by molar-refractivity contribution is 6.30. The Labute approximate surface area is 185 Å². The minimum atomic E-state index is -0.512. The van der Waals surface area contributed by atoms with Gasteiger partial charge in [0.25, 0.3) is 5.91 Å². The molecule has 1 amide bonds. The molecule has 3 heterocycles. The van der Waals surface area contributed by atoms with Crippen LogP contribution >= 0.6 is 11.6 Å². The first-order valence-electron chi connectivity index (χ1n) is 10.3. The zero-order valence-corrected chi connectivity index (χ0v) is 17.9. The molecular weight excluding hydrogens is 417 g/mol. The first-order chi connectivity index (χ1) is 15.0. The van der Waals surface area contributed by atoms with E-state index in [-0.39, 0.29) is 34.8 Å². The third-order valence-corrected chi connectivity index (χ3v) is 5.85. The van der Waals surface area contributed by atoms with Gasteiger partial charge in [0.15, 0.2) is 5.82 Å². The Morgan fingerprint density at radius 2 is 2.00 bits per heavy atom. The number of benzene rings is 1. The minimum absolute atomic E-state index is 0.0634. The van der Waals surface area contributed by atoms with Gasteiger partial charge in [-0.1, -0.05) is 24.6 Å². The average Bonchev–Trinajstić information content (AvgIpc) is 2.79. The van der Waals surface area contributed by atoms with Crippen molar-refractivity contribution >= 4 is 23.3 Å². The highest BCUT2D eigenvalue weighted by Gasteiger charge is 2.34. The van der Waals surface area contributed by atoms with E-state index < -0.39 is 5.82 Å². The van der Waals surface area contributed by atoms with E-state index in [1.165, 1.54) is 18.5 Å². The molecule has 6 nitrogen and oxygen atoms in total. The third-order valence-electron chi connectivity index (χ3n) is 5.63. The summed E-state index contributed by atoms with van der Waals surface area (Å²) in [6.45, 7) is 3.27. The topological polar surface area (TPSA) is 71.0 Å². The number of carbonyl (C=O) groups is 1. The molecule has 0 radical (unpaired) electrons. The van der Waals surface area contributed by atoms with Gasteiger partial charge in [-0.25, -0.2) is 19.3 Å². The van der Waals surface area contributed by atoms with Gasteiger partial charge in [0.2, 0.25) is 0 Å². The first-order valence-corrected chi connectivity index (χ1v) is 10.6. The Kier molecular flexibility index (Phi) is 6.42. The van der Waals surface area contributed by atoms with Crippen molar-refractivity contribution in [2.45, 2.75) is 25.8 Å². The van der Waals surface area contributed by atoms with Gasteiger partial charge in [0, 0.05) is 31.7 Å². The molecule has 0 aliphatic carbocycles. The lowest BCUT2D eigenvalue weighted by molar-refractivity contribution is 0.0540. The molecule has 31 heavy (non-hydrogen) atoms. The molecule has 2 aromatic heterocycles. The molecule has 0 saturated carbocycles. The van der Waals surface area contributed by atoms with E-state index in [1.807, 2.05) is 4.90 Å². The predicted molar refractivity (Wildman–Crippen MR) is 118 cm³/mol. The second kappa shape index (κ2) is 9.39. The molecule has 0 spiro atoms. The first kappa shape index (κ1) is 21.2. The van der Waals surface area contributed by atoms with E-state index in [0.717, 1.165) is 12.8 Å². The van der Waals surface area contributed by atoms with Crippen molar-refractivity contribution in [1.82, 2.24) is 19.9 Å². The summed E-state index contributed by atoms with van der Waals surface area (Å²) in [5.41, 5.74) is 0.410. The summed E-state index contributed by atoms with van der Waals surface area (Å²) in [7, 11) is 0. The number of hydrogen-bond donors (Lipinski definition) is 1. The molecular formula is C23H23ClFN5O. The Morgan fingerprint density at radius 3 is 2.74 bits per heavy atom. The van der Waals surface area contributed by atoms with Crippen LogP contribution in [-0.2, 0) is 0 Å². The van der Waals surface area contributed by atoms with Gasteiger partial charge in [0.05, 0.1) is 22.2 Å². The van der Waals surface area contributed by atoms with Gasteiger partial charge in [-0.15, -0.1) is 0 Å². The standard InChI is InChI=1S/C23H23ClFN5O/c1-15-5-3-12-30(19(15)14-29-20-9-8-16(24)13-28-20)23(31)17-6-2-7-18(25)21(17)22-26-10-4-11-27-22/h2,4,6-11,13,15,19H,3,5,12,14H2,1H3,(H,28,29)/t15-,19-/m1/s1. The fourth-order valence-corrected chi connectivity index (χ4v) is 4.13. The van der Waals surface area contributed by atoms with Crippen molar-refractivity contribution in [3.8, 4) is 11.4 Å². The summed E-state index contributed by atoms with van der Waals surface area (Å²) < 4.78 is 14.8. The van der Waals surface area contributed by atoms with Crippen LogP contribution in [0.3, 0.4) is 0 Å². The van der Waals surface area contributed by atoms with Crippen LogP contribution in [0.1, 0.15) is 30.1 Å². The number of carbonyl (C=O) groups excluding carboxylic acids is 1. The Balaban J connectivity index is 1.62. The van der Waals surface area contributed by atoms with Gasteiger partial charge in [-0.2, -0.15) is 0 Å². The van der Waals surface area contributed by atoms with Crippen LogP contribution in [0.15, 0.2) is 55.0 Å². The Bertz CT molecular complexity index is 1050. The maximum Gasteiger partial charge on any atom is 0.255 e. The van der Waals surface area contributed by atoms with Crippen molar-refractivity contribution in [1.29, 1.82) is 0 Å². The van der Waals surface area contributed by atoms with E-state index in [2.05, 4.69) is 27.2 Å². The monoisotopic (exact) mass is 439 g/mol. The van der Waals surface area contributed by atoms with Gasteiger partial charge in [0.1, 0.15) is 11.6 Å². The van der Waals surface area contributed by atoms with Crippen LogP contribution in [0.4, 0.5) is 10.2 Å². The molecule has 1 aliphatic rings. The summed E-state index contributed by atoms with van der Waals surface area (Å²) in [5, 5.41) is 3.87. The molecule has 2 atom stereocenters. The number of anilines is 1. The zero-order chi connectivity index (χ0) is 21.8. The number of hydrogen-bond acceptors (Lipinski definition) is 5. The highest BCUT2D eigenvalue weighted by atomic mass is 35.5. The van der Waals surface area contributed by atoms with Gasteiger partial charge >= 0.3 is 0 Å². The number of rotatable bonds is 5. The van der Waals surface area contributed by atoms with Crippen LogP contribution in [0.5, 0.6) is 0 Å². The van der Waals surface area contributed by atoms with E-state index >= 15 is 0 Å². The average molecular weight is 440 g/mol. The fourth-order valence-electron chi connectivity index (χ4n) is 4.01. The maximum atomic E-state index is 14.8. The molecule has 3 aromatic rings. The molecule has 0 unspecified atom stereocenters. The van der Waals surface area contributed by atoms with Crippen LogP contribution < -0.4 is 5.32 Å². The number of pyridine rings is 1. The van der Waals surface area contributed by atoms with E-state index in [1.54, 1.807) is 36.5 Å². The van der Waals surface area contributed by atoms with Crippen molar-refractivity contribution in [3.05, 3.63) is 71.4 Å². The summed E-state index contributed by atoms with van der Waals surface area (Å²) in [4.78, 5) is 28.0. The number of halogens is 2. The van der Waals surface area contributed by atoms with Crippen molar-refractivity contribution in [2.75, 3.05) is 18.4 Å². The second-order valence-corrected chi connectivity index (χ2v) is 8.10. The normalized spacial score (nSPS) is 18.6. The van der Waals surface area contributed by atoms with Crippen molar-refractivity contribution in [2.24, 2.45) is 5.92 Å². The maximum absolute atomic E-state index is 14.8. The summed E-state index contributed by atoms with van der Waals surface area (Å²) in [6.07, 6.45) is 6.57. The van der Waals surface area contributed by atoms with Crippen molar-refractivity contribution in [3.63, 3.8) is 0 Å². The lowest BCUT2D eigenvalue weighted by atomic mass is 9.89. The molecule has 1 N–H and O–H groups in total. The summed E-state index contributed by atoms with van der Waals surface area (Å²) in [6, 6.07) is 9.68. The Hall–Kier alpha value is -3.06. The SMILES string of the molecule is C[C@@H]1CCCN(C(=O)c2cccc(F)c2-c2ncccn2)[C@@H]1CNc1ccc(Cl)cn1. The summed E-state index contributed by atoms with van der Waals surface area (Å²) in [5.74, 6) is 0.446. The fraction of sp³-hybridized carbons (Fsp3) is 0.304. The molecule has 8 heteroatoms. The lowest BCUT2D eigenvalue weighted by Gasteiger charge is -2.40. The number of likely N-dealkylation sites (tertiary alicyclic amines) is 1. The van der Waals surface area contributed by atoms with Gasteiger partial charge in [-0.05, 0) is 49.1 Å². The summed E-state index contributed by atoms with van der Waals surface area (Å²) >= 11 is 5.91. The molecule has 1 aromatic carbocycles. The zero-order valence-electron chi connectivity index (χ0n) is 17.1. The van der Waals surface area contributed by atoms with Crippen LogP contribution in [0.25, 0.3) is 11.4 Å². The molecule has 1 aliphatic heterocycles. The van der Waals surface area contributed by atoms with E-state index in [0.29, 0.717) is 23.9 Å². The van der Waals surface area contributed by atoms with E-state index in [9.17, 15) is 9.18 Å². The highest BCUT2D eigenvalue weighted by Crippen LogP contribution is 2.29. The molecule has 4 rings (SSSR count). The molecule has 160 valence electrons. The number of piperidine rings is 1. The minimum Gasteiger partial charge on any atom is -0.368 e. The van der Waals surface area contributed by atoms with Crippen LogP contribution in [0, 0.1) is 11.7 Å². The van der Waals surface area contributed by atoms with Crippen molar-refractivity contribution < 1.29 is 9.18 Å². The number of amides is 1. The largest absolute Gasteiger partial charge is 0.368 e. The van der Waals surface area contributed by atoms with Gasteiger partial charge in [-0.3, -0.25) is 4.79 Å². The number of nitrogens with one attached hydrogen (secondary N) is 1. The predicted octanol–water partition coefficient (Wildman–Crippen LogP) is 4.68. The second-order valence-electron chi connectivity index (χ2n) is 7.66. The number of aromatic nitrogens is 3. The van der Waals surface area contributed by atoms with Crippen LogP contribution in [0.2, 0.25) is 5.02 Å². The quantitative estimate of drug-likeness (QED) is 0.624.